The maximum absolute atomic E-state index is 2.54. The molecule has 0 fully saturated rings. The maximum atomic E-state index is 2.54. The first-order valence-electron chi connectivity index (χ1n) is 7.94. The molecule has 2 aromatic carbocycles. The van der Waals surface area contributed by atoms with Crippen LogP contribution in [0.5, 0.6) is 0 Å². The molecule has 0 atom stereocenters. The second-order valence-electron chi connectivity index (χ2n) is 8.24. The Morgan fingerprint density at radius 3 is 2.33 bits per heavy atom. The van der Waals surface area contributed by atoms with Crippen LogP contribution in [0.4, 0.5) is 0 Å². The van der Waals surface area contributed by atoms with E-state index in [1.807, 2.05) is 0 Å². The second kappa shape index (κ2) is 4.74. The van der Waals surface area contributed by atoms with Gasteiger partial charge in [0.25, 0.3) is 0 Å². The van der Waals surface area contributed by atoms with E-state index in [0.29, 0.717) is 5.41 Å². The van der Waals surface area contributed by atoms with Crippen LogP contribution in [0, 0.1) is 12.3 Å². The van der Waals surface area contributed by atoms with Crippen LogP contribution in [0.15, 0.2) is 36.4 Å². The van der Waals surface area contributed by atoms with Crippen LogP contribution in [0.1, 0.15) is 31.9 Å². The molecule has 0 aromatic heterocycles. The van der Waals surface area contributed by atoms with Gasteiger partial charge in [0.1, 0.15) is 0 Å². The monoisotopic (exact) mass is 340 g/mol. The first kappa shape index (κ1) is 14.9. The quantitative estimate of drug-likeness (QED) is 0.676. The van der Waals surface area contributed by atoms with Crippen molar-refractivity contribution in [2.24, 2.45) is 5.41 Å². The summed E-state index contributed by atoms with van der Waals surface area (Å²) in [5.74, 6) is 5.07. The summed E-state index contributed by atoms with van der Waals surface area (Å²) in [6.45, 7) is 9.23. The molecule has 0 saturated carbocycles. The van der Waals surface area contributed by atoms with E-state index < -0.39 is 13.3 Å². The number of aryl methyl sites for hydroxylation is 1. The predicted octanol–water partition coefficient (Wildman–Crippen LogP) is 4.39. The van der Waals surface area contributed by atoms with Gasteiger partial charge in [-0.2, -0.15) is 0 Å². The summed E-state index contributed by atoms with van der Waals surface area (Å²) in [5, 5.41) is 0. The molecule has 0 radical (unpaired) electrons. The molecule has 0 saturated heterocycles. The third kappa shape index (κ3) is 2.48. The van der Waals surface area contributed by atoms with Gasteiger partial charge in [0.2, 0.25) is 0 Å². The van der Waals surface area contributed by atoms with Gasteiger partial charge in [-0.15, -0.1) is 0 Å². The molecule has 0 amide bonds. The van der Waals surface area contributed by atoms with Gasteiger partial charge in [0.15, 0.2) is 0 Å². The molecule has 21 heavy (non-hydrogen) atoms. The summed E-state index contributed by atoms with van der Waals surface area (Å²) < 4.78 is 3.33. The van der Waals surface area contributed by atoms with Crippen molar-refractivity contribution in [3.63, 3.8) is 0 Å². The summed E-state index contributed by atoms with van der Waals surface area (Å²) >= 11 is -2.06. The molecule has 1 aliphatic heterocycles. The third-order valence-electron chi connectivity index (χ3n) is 4.71. The Morgan fingerprint density at radius 1 is 0.952 bits per heavy atom. The van der Waals surface area contributed by atoms with Gasteiger partial charge < -0.3 is 0 Å². The average Bonchev–Trinajstić information content (AvgIpc) is 2.57. The molecular formula is C20H26Ge. The minimum atomic E-state index is -2.06. The first-order chi connectivity index (χ1) is 9.70. The van der Waals surface area contributed by atoms with Gasteiger partial charge in [-0.1, -0.05) is 0 Å². The molecule has 0 N–H and O–H groups in total. The van der Waals surface area contributed by atoms with E-state index in [9.17, 15) is 0 Å². The molecule has 0 bridgehead atoms. The van der Waals surface area contributed by atoms with Crippen molar-refractivity contribution in [3.05, 3.63) is 47.5 Å². The zero-order valence-electron chi connectivity index (χ0n) is 14.2. The number of benzene rings is 2. The number of rotatable bonds is 1. The molecule has 2 aromatic rings. The molecule has 110 valence electrons. The number of hydrogen-bond donors (Lipinski definition) is 0. The topological polar surface area (TPSA) is 0 Å². The normalized spacial score (nSPS) is 15.7. The van der Waals surface area contributed by atoms with E-state index in [2.05, 4.69) is 75.6 Å². The molecule has 0 spiro atoms. The van der Waals surface area contributed by atoms with Gasteiger partial charge in [0.05, 0.1) is 0 Å². The average molecular weight is 339 g/mol. The zero-order chi connectivity index (χ0) is 15.4. The van der Waals surface area contributed by atoms with Crippen LogP contribution in [0.2, 0.25) is 11.5 Å². The Morgan fingerprint density at radius 2 is 1.67 bits per heavy atom. The van der Waals surface area contributed by atoms with Crippen LogP contribution in [-0.2, 0) is 6.42 Å². The fourth-order valence-corrected chi connectivity index (χ4v) is 10.3. The van der Waals surface area contributed by atoms with Crippen LogP contribution >= 0.6 is 0 Å². The van der Waals surface area contributed by atoms with Crippen molar-refractivity contribution in [3.8, 4) is 11.1 Å². The standard InChI is InChI=1S/C20H26Ge/c1-14-8-7-9-18-19(14)16-12-15(13-20(2,3)4)10-11-17(16)21(18,5)6/h7-12H,13H2,1-6H3. The van der Waals surface area contributed by atoms with Gasteiger partial charge >= 0.3 is 132 Å². The van der Waals surface area contributed by atoms with E-state index in [4.69, 9.17) is 0 Å². The first-order valence-corrected chi connectivity index (χ1v) is 14.2. The second-order valence-corrected chi connectivity index (χ2v) is 17.3. The summed E-state index contributed by atoms with van der Waals surface area (Å²) in [7, 11) is 0. The Balaban J connectivity index is 2.20. The molecule has 1 heteroatoms. The summed E-state index contributed by atoms with van der Waals surface area (Å²) in [5.41, 5.74) is 6.36. The molecule has 1 heterocycles. The molecule has 0 nitrogen and oxygen atoms in total. The molecule has 0 aliphatic carbocycles. The van der Waals surface area contributed by atoms with Crippen LogP contribution in [0.25, 0.3) is 11.1 Å². The Kier molecular flexibility index (Phi) is 3.36. The summed E-state index contributed by atoms with van der Waals surface area (Å²) in [6.07, 6.45) is 1.15. The summed E-state index contributed by atoms with van der Waals surface area (Å²) in [4.78, 5) is 0. The molecule has 1 aliphatic rings. The molecule has 3 rings (SSSR count). The van der Waals surface area contributed by atoms with Gasteiger partial charge in [-0.05, 0) is 0 Å². The molecular weight excluding hydrogens is 313 g/mol. The van der Waals surface area contributed by atoms with Gasteiger partial charge in [-0.25, -0.2) is 0 Å². The van der Waals surface area contributed by atoms with E-state index in [0.717, 1.165) is 6.42 Å². The SMILES string of the molecule is Cc1ccc[c]2c1-c1cc(CC(C)(C)C)cc[c]1[Ge]2([CH3])[CH3]. The van der Waals surface area contributed by atoms with Crippen molar-refractivity contribution in [2.75, 3.05) is 0 Å². The summed E-state index contributed by atoms with van der Waals surface area (Å²) in [6, 6.07) is 14.2. The van der Waals surface area contributed by atoms with E-state index in [-0.39, 0.29) is 0 Å². The van der Waals surface area contributed by atoms with Crippen molar-refractivity contribution < 1.29 is 0 Å². The van der Waals surface area contributed by atoms with Crippen molar-refractivity contribution >= 4 is 22.1 Å². The number of fused-ring (bicyclic) bond motifs is 3. The Hall–Kier alpha value is -1.02. The predicted molar refractivity (Wildman–Crippen MR) is 96.5 cm³/mol. The molecule has 0 unspecified atom stereocenters. The van der Waals surface area contributed by atoms with E-state index in [1.165, 1.54) is 16.7 Å². The van der Waals surface area contributed by atoms with Gasteiger partial charge in [0, 0.05) is 0 Å². The van der Waals surface area contributed by atoms with Crippen molar-refractivity contribution in [2.45, 2.75) is 45.6 Å². The van der Waals surface area contributed by atoms with Crippen molar-refractivity contribution in [1.29, 1.82) is 0 Å². The fourth-order valence-electron chi connectivity index (χ4n) is 3.76. The van der Waals surface area contributed by atoms with Crippen LogP contribution in [-0.4, -0.2) is 13.3 Å². The van der Waals surface area contributed by atoms with Crippen LogP contribution < -0.4 is 8.79 Å². The minimum absolute atomic E-state index is 0.346. The van der Waals surface area contributed by atoms with E-state index >= 15 is 0 Å². The van der Waals surface area contributed by atoms with E-state index in [1.54, 1.807) is 14.4 Å². The van der Waals surface area contributed by atoms with Crippen LogP contribution in [0.3, 0.4) is 0 Å². The zero-order valence-corrected chi connectivity index (χ0v) is 16.3. The third-order valence-corrected chi connectivity index (χ3v) is 12.1. The Labute approximate surface area is 132 Å². The fraction of sp³-hybridized carbons (Fsp3) is 0.400. The number of hydrogen-bond acceptors (Lipinski definition) is 0. The van der Waals surface area contributed by atoms with Crippen molar-refractivity contribution in [1.82, 2.24) is 0 Å². The Bertz CT molecular complexity index is 702. The van der Waals surface area contributed by atoms with Gasteiger partial charge in [-0.3, -0.25) is 0 Å².